The van der Waals surface area contributed by atoms with Gasteiger partial charge in [0.15, 0.2) is 0 Å². The van der Waals surface area contributed by atoms with E-state index < -0.39 is 21.7 Å². The number of hydrogen-bond donors (Lipinski definition) is 1. The summed E-state index contributed by atoms with van der Waals surface area (Å²) in [7, 11) is -3.21. The largest absolute Gasteiger partial charge is 0.444 e. The molecule has 118 valence electrons. The Kier molecular flexibility index (Phi) is 5.82. The van der Waals surface area contributed by atoms with E-state index in [9.17, 15) is 13.2 Å². The highest BCUT2D eigenvalue weighted by atomic mass is 32.2. The second kappa shape index (κ2) is 6.76. The number of piperidine rings is 1. The Hall–Kier alpha value is -0.820. The monoisotopic (exact) mass is 306 g/mol. The van der Waals surface area contributed by atoms with Gasteiger partial charge in [-0.1, -0.05) is 6.42 Å². The van der Waals surface area contributed by atoms with Crippen molar-refractivity contribution < 1.29 is 17.9 Å². The predicted molar refractivity (Wildman–Crippen MR) is 78.0 cm³/mol. The van der Waals surface area contributed by atoms with Crippen molar-refractivity contribution in [3.8, 4) is 0 Å². The maximum Gasteiger partial charge on any atom is 0.407 e. The molecule has 0 saturated carbocycles. The molecule has 1 N–H and O–H groups in total. The van der Waals surface area contributed by atoms with Crippen molar-refractivity contribution in [3.05, 3.63) is 0 Å². The third-order valence-corrected chi connectivity index (χ3v) is 5.10. The molecular weight excluding hydrogens is 280 g/mol. The molecule has 0 aliphatic carbocycles. The van der Waals surface area contributed by atoms with Crippen LogP contribution in [0.15, 0.2) is 0 Å². The van der Waals surface area contributed by atoms with Crippen LogP contribution in [0.5, 0.6) is 0 Å². The molecule has 1 aliphatic heterocycles. The molecule has 1 saturated heterocycles. The number of sulfonamides is 1. The van der Waals surface area contributed by atoms with Gasteiger partial charge in [-0.2, -0.15) is 4.31 Å². The van der Waals surface area contributed by atoms with Crippen molar-refractivity contribution >= 4 is 16.1 Å². The van der Waals surface area contributed by atoms with Gasteiger partial charge in [-0.25, -0.2) is 13.2 Å². The lowest BCUT2D eigenvalue weighted by atomic mass is 10.1. The van der Waals surface area contributed by atoms with Crippen molar-refractivity contribution in [2.45, 2.75) is 58.6 Å². The zero-order valence-electron chi connectivity index (χ0n) is 12.8. The van der Waals surface area contributed by atoms with E-state index in [0.29, 0.717) is 13.1 Å². The number of hydrogen-bond acceptors (Lipinski definition) is 4. The number of carbonyl (C=O) groups is 1. The van der Waals surface area contributed by atoms with E-state index >= 15 is 0 Å². The first-order valence-corrected chi connectivity index (χ1v) is 8.73. The smallest absolute Gasteiger partial charge is 0.407 e. The Morgan fingerprint density at radius 1 is 1.35 bits per heavy atom. The summed E-state index contributed by atoms with van der Waals surface area (Å²) in [6.07, 6.45) is 2.13. The van der Waals surface area contributed by atoms with Crippen molar-refractivity contribution in [3.63, 3.8) is 0 Å². The van der Waals surface area contributed by atoms with Crippen molar-refractivity contribution in [2.75, 3.05) is 18.8 Å². The second-order valence-corrected chi connectivity index (χ2v) is 8.25. The SMILES string of the molecule is CCS(=O)(=O)N1CCCCC1CNC(=O)OC(C)(C)C. The van der Waals surface area contributed by atoms with Gasteiger partial charge in [-0.15, -0.1) is 0 Å². The Balaban J connectivity index is 2.58. The molecule has 0 aromatic carbocycles. The Bertz CT molecular complexity index is 428. The lowest BCUT2D eigenvalue weighted by molar-refractivity contribution is 0.0512. The molecule has 1 atom stereocenters. The quantitative estimate of drug-likeness (QED) is 0.858. The van der Waals surface area contributed by atoms with Gasteiger partial charge in [0.05, 0.1) is 5.75 Å². The molecule has 7 heteroatoms. The summed E-state index contributed by atoms with van der Waals surface area (Å²) in [5, 5.41) is 2.67. The molecule has 1 aliphatic rings. The molecule has 1 unspecified atom stereocenters. The van der Waals surface area contributed by atoms with Gasteiger partial charge in [0.25, 0.3) is 0 Å². The third kappa shape index (κ3) is 5.28. The van der Waals surface area contributed by atoms with E-state index in [1.165, 1.54) is 4.31 Å². The zero-order chi connectivity index (χ0) is 15.4. The summed E-state index contributed by atoms with van der Waals surface area (Å²) in [4.78, 5) is 11.6. The lowest BCUT2D eigenvalue weighted by Crippen LogP contribution is -2.50. The van der Waals surface area contributed by atoms with Gasteiger partial charge in [0.1, 0.15) is 5.60 Å². The number of rotatable bonds is 4. The van der Waals surface area contributed by atoms with E-state index in [2.05, 4.69) is 5.32 Å². The van der Waals surface area contributed by atoms with Crippen molar-refractivity contribution in [1.82, 2.24) is 9.62 Å². The highest BCUT2D eigenvalue weighted by Crippen LogP contribution is 2.20. The summed E-state index contributed by atoms with van der Waals surface area (Å²) >= 11 is 0. The van der Waals surface area contributed by atoms with Crippen LogP contribution >= 0.6 is 0 Å². The van der Waals surface area contributed by atoms with Gasteiger partial charge in [0.2, 0.25) is 10.0 Å². The standard InChI is InChI=1S/C13H26N2O4S/c1-5-20(17,18)15-9-7-6-8-11(15)10-14-12(16)19-13(2,3)4/h11H,5-10H2,1-4H3,(H,14,16). The Morgan fingerprint density at radius 2 is 2.00 bits per heavy atom. The molecular formula is C13H26N2O4S. The van der Waals surface area contributed by atoms with Crippen LogP contribution in [0, 0.1) is 0 Å². The van der Waals surface area contributed by atoms with Crippen LogP contribution in [-0.4, -0.2) is 49.3 Å². The van der Waals surface area contributed by atoms with Crippen LogP contribution in [0.4, 0.5) is 4.79 Å². The van der Waals surface area contributed by atoms with Gasteiger partial charge in [-0.3, -0.25) is 0 Å². The minimum atomic E-state index is -3.21. The summed E-state index contributed by atoms with van der Waals surface area (Å²) in [5.74, 6) is 0.0932. The summed E-state index contributed by atoms with van der Waals surface area (Å²) in [6, 6.07) is -0.166. The van der Waals surface area contributed by atoms with Crippen LogP contribution < -0.4 is 5.32 Å². The maximum atomic E-state index is 12.0. The molecule has 1 rings (SSSR count). The number of nitrogens with one attached hydrogen (secondary N) is 1. The van der Waals surface area contributed by atoms with Crippen LogP contribution in [-0.2, 0) is 14.8 Å². The molecule has 20 heavy (non-hydrogen) atoms. The topological polar surface area (TPSA) is 75.7 Å². The molecule has 1 amide bonds. The van der Waals surface area contributed by atoms with E-state index in [4.69, 9.17) is 4.74 Å². The summed E-state index contributed by atoms with van der Waals surface area (Å²) < 4.78 is 30.7. The number of ether oxygens (including phenoxy) is 1. The van der Waals surface area contributed by atoms with Crippen LogP contribution in [0.2, 0.25) is 0 Å². The average molecular weight is 306 g/mol. The van der Waals surface area contributed by atoms with Gasteiger partial charge in [-0.05, 0) is 40.5 Å². The predicted octanol–water partition coefficient (Wildman–Crippen LogP) is 1.72. The molecule has 6 nitrogen and oxygen atoms in total. The summed E-state index contributed by atoms with van der Waals surface area (Å²) in [5.41, 5.74) is -0.550. The van der Waals surface area contributed by atoms with Crippen LogP contribution in [0.3, 0.4) is 0 Å². The summed E-state index contributed by atoms with van der Waals surface area (Å²) in [6.45, 7) is 7.86. The van der Waals surface area contributed by atoms with Gasteiger partial charge < -0.3 is 10.1 Å². The van der Waals surface area contributed by atoms with Gasteiger partial charge >= 0.3 is 6.09 Å². The zero-order valence-corrected chi connectivity index (χ0v) is 13.6. The minimum absolute atomic E-state index is 0.0932. The molecule has 0 aromatic rings. The van der Waals surface area contributed by atoms with Crippen molar-refractivity contribution in [1.29, 1.82) is 0 Å². The number of alkyl carbamates (subject to hydrolysis) is 1. The van der Waals surface area contributed by atoms with Crippen LogP contribution in [0.25, 0.3) is 0 Å². The van der Waals surface area contributed by atoms with E-state index in [0.717, 1.165) is 19.3 Å². The fraction of sp³-hybridized carbons (Fsp3) is 0.923. The fourth-order valence-electron chi connectivity index (χ4n) is 2.23. The molecule has 1 fully saturated rings. The Labute approximate surface area is 121 Å². The number of carbonyl (C=O) groups excluding carboxylic acids is 1. The van der Waals surface area contributed by atoms with E-state index in [-0.39, 0.29) is 11.8 Å². The third-order valence-electron chi connectivity index (χ3n) is 3.18. The first kappa shape index (κ1) is 17.2. The van der Waals surface area contributed by atoms with Crippen molar-refractivity contribution in [2.24, 2.45) is 0 Å². The molecule has 0 radical (unpaired) electrons. The molecule has 0 spiro atoms. The highest BCUT2D eigenvalue weighted by molar-refractivity contribution is 7.89. The second-order valence-electron chi connectivity index (χ2n) is 6.04. The first-order chi connectivity index (χ1) is 9.15. The average Bonchev–Trinajstić information content (AvgIpc) is 2.34. The first-order valence-electron chi connectivity index (χ1n) is 7.12. The number of amides is 1. The van der Waals surface area contributed by atoms with E-state index in [1.807, 2.05) is 0 Å². The van der Waals surface area contributed by atoms with Gasteiger partial charge in [0, 0.05) is 19.1 Å². The van der Waals surface area contributed by atoms with Crippen LogP contribution in [0.1, 0.15) is 47.0 Å². The van der Waals surface area contributed by atoms with E-state index in [1.54, 1.807) is 27.7 Å². The normalized spacial score (nSPS) is 21.5. The number of nitrogens with zero attached hydrogens (tertiary/aromatic N) is 1. The molecule has 1 heterocycles. The highest BCUT2D eigenvalue weighted by Gasteiger charge is 2.31. The Morgan fingerprint density at radius 3 is 2.55 bits per heavy atom. The molecule has 0 aromatic heterocycles. The fourth-order valence-corrected chi connectivity index (χ4v) is 3.60. The minimum Gasteiger partial charge on any atom is -0.444 e. The maximum absolute atomic E-state index is 12.0. The molecule has 0 bridgehead atoms. The lowest BCUT2D eigenvalue weighted by Gasteiger charge is -2.34.